The van der Waals surface area contributed by atoms with Crippen LogP contribution in [0.1, 0.15) is 13.8 Å². The van der Waals surface area contributed by atoms with Gasteiger partial charge in [-0.2, -0.15) is 0 Å². The molecule has 0 saturated heterocycles. The molecule has 0 aliphatic carbocycles. The standard InChI is InChI=1S/2C2H6O4S.Cu.4H2O/c2*1-2-6-7(3,4)5;;;;;/h2*2H2,1H3,(H,3,4,5);;4*1H2/q;;+2;;;;/p-2. The van der Waals surface area contributed by atoms with Gasteiger partial charge in [-0.05, 0) is 13.8 Å². The van der Waals surface area contributed by atoms with Crippen molar-refractivity contribution >= 4 is 20.8 Å². The Hall–Kier alpha value is 0.0995. The second-order valence-electron chi connectivity index (χ2n) is 1.63. The van der Waals surface area contributed by atoms with Crippen LogP contribution in [0.4, 0.5) is 0 Å². The van der Waals surface area contributed by atoms with Crippen LogP contribution in [0, 0.1) is 0 Å². The van der Waals surface area contributed by atoms with Crippen LogP contribution < -0.4 is 0 Å². The minimum absolute atomic E-state index is 0. The van der Waals surface area contributed by atoms with Crippen LogP contribution >= 0.6 is 0 Å². The first-order valence-electron chi connectivity index (χ1n) is 3.32. The maximum atomic E-state index is 9.45. The van der Waals surface area contributed by atoms with Crippen molar-refractivity contribution in [3.63, 3.8) is 0 Å². The van der Waals surface area contributed by atoms with Crippen LogP contribution in [0.15, 0.2) is 0 Å². The van der Waals surface area contributed by atoms with Gasteiger partial charge in [0.05, 0.1) is 13.2 Å². The van der Waals surface area contributed by atoms with E-state index in [2.05, 4.69) is 8.37 Å². The van der Waals surface area contributed by atoms with E-state index in [1.807, 2.05) is 0 Å². The van der Waals surface area contributed by atoms with E-state index in [-0.39, 0.29) is 52.2 Å². The van der Waals surface area contributed by atoms with Crippen molar-refractivity contribution in [3.05, 3.63) is 0 Å². The van der Waals surface area contributed by atoms with E-state index in [1.54, 1.807) is 0 Å². The van der Waals surface area contributed by atoms with Gasteiger partial charge in [-0.1, -0.05) is 0 Å². The molecular weight excluding hydrogens is 368 g/mol. The van der Waals surface area contributed by atoms with Crippen molar-refractivity contribution in [2.75, 3.05) is 13.2 Å². The number of hydrogen-bond donors (Lipinski definition) is 0. The fourth-order valence-corrected chi connectivity index (χ4v) is 0.866. The quantitative estimate of drug-likeness (QED) is 0.258. The molecule has 0 aromatic carbocycles. The summed E-state index contributed by atoms with van der Waals surface area (Å²) in [6.45, 7) is 2.67. The zero-order valence-electron chi connectivity index (χ0n) is 9.80. The second kappa shape index (κ2) is 20.4. The van der Waals surface area contributed by atoms with Crippen LogP contribution in [0.5, 0.6) is 0 Å². The molecule has 1 radical (unpaired) electrons. The Morgan fingerprint density at radius 3 is 0.895 bits per heavy atom. The van der Waals surface area contributed by atoms with Crippen molar-refractivity contribution in [2.24, 2.45) is 0 Å². The fraction of sp³-hybridized carbons (Fsp3) is 1.00. The van der Waals surface area contributed by atoms with Gasteiger partial charge >= 0.3 is 17.1 Å². The summed E-state index contributed by atoms with van der Waals surface area (Å²) in [5.74, 6) is 0. The molecule has 19 heavy (non-hydrogen) atoms. The van der Waals surface area contributed by atoms with E-state index in [4.69, 9.17) is 0 Å². The fourth-order valence-electron chi connectivity index (χ4n) is 0.289. The first-order valence-corrected chi connectivity index (χ1v) is 5.99. The van der Waals surface area contributed by atoms with Gasteiger partial charge in [0.2, 0.25) is 20.8 Å². The Bertz CT molecular complexity index is 288. The molecule has 129 valence electrons. The average Bonchev–Trinajstić information content (AvgIpc) is 1.81. The Labute approximate surface area is 121 Å². The predicted octanol–water partition coefficient (Wildman–Crippen LogP) is -4.34. The Balaban J connectivity index is -0.0000000240. The molecule has 0 aliphatic heterocycles. The molecule has 0 aromatic rings. The molecule has 0 aliphatic rings. The molecule has 0 spiro atoms. The third-order valence-corrected chi connectivity index (χ3v) is 1.57. The van der Waals surface area contributed by atoms with Crippen molar-refractivity contribution in [1.82, 2.24) is 0 Å². The molecule has 0 bridgehead atoms. The molecule has 0 amide bonds. The summed E-state index contributed by atoms with van der Waals surface area (Å²) < 4.78 is 64.0. The zero-order chi connectivity index (χ0) is 11.8. The smallest absolute Gasteiger partial charge is 0.726 e. The first-order chi connectivity index (χ1) is 6.12. The second-order valence-corrected chi connectivity index (χ2v) is 3.73. The van der Waals surface area contributed by atoms with Gasteiger partial charge in [0.1, 0.15) is 0 Å². The minimum Gasteiger partial charge on any atom is -0.726 e. The van der Waals surface area contributed by atoms with Crippen molar-refractivity contribution in [1.29, 1.82) is 0 Å². The number of rotatable bonds is 4. The van der Waals surface area contributed by atoms with Gasteiger partial charge in [0.15, 0.2) is 0 Å². The van der Waals surface area contributed by atoms with Crippen LogP contribution in [0.2, 0.25) is 0 Å². The topological polar surface area (TPSA) is 259 Å². The van der Waals surface area contributed by atoms with E-state index < -0.39 is 20.8 Å². The SMILES string of the molecule is CCOS(=O)(=O)[O-].CCOS(=O)(=O)[O-].O.O.O.O.[Cu+2]. The Morgan fingerprint density at radius 2 is 0.895 bits per heavy atom. The first kappa shape index (κ1) is 42.7. The van der Waals surface area contributed by atoms with Gasteiger partial charge < -0.3 is 31.0 Å². The maximum absolute atomic E-state index is 9.45. The summed E-state index contributed by atoms with van der Waals surface area (Å²) in [4.78, 5) is 0. The zero-order valence-corrected chi connectivity index (χ0v) is 12.4. The summed E-state index contributed by atoms with van der Waals surface area (Å²) >= 11 is 0. The monoisotopic (exact) mass is 385 g/mol. The average molecular weight is 386 g/mol. The predicted molar refractivity (Wildman–Crippen MR) is 57.1 cm³/mol. The van der Waals surface area contributed by atoms with Crippen molar-refractivity contribution < 1.29 is 73.3 Å². The van der Waals surface area contributed by atoms with E-state index in [1.165, 1.54) is 13.8 Å². The van der Waals surface area contributed by atoms with Crippen LogP contribution in [-0.2, 0) is 46.2 Å². The molecule has 0 fully saturated rings. The Morgan fingerprint density at radius 1 is 0.737 bits per heavy atom. The third kappa shape index (κ3) is 71.5. The molecule has 0 unspecified atom stereocenters. The van der Waals surface area contributed by atoms with Gasteiger partial charge in [-0.15, -0.1) is 0 Å². The number of hydrogen-bond acceptors (Lipinski definition) is 8. The molecule has 15 heteroatoms. The third-order valence-electron chi connectivity index (χ3n) is 0.524. The van der Waals surface area contributed by atoms with Gasteiger partial charge in [-0.25, -0.2) is 16.8 Å². The van der Waals surface area contributed by atoms with E-state index >= 15 is 0 Å². The Kier molecular flexibility index (Phi) is 45.9. The summed E-state index contributed by atoms with van der Waals surface area (Å²) in [5, 5.41) is 0. The summed E-state index contributed by atoms with van der Waals surface area (Å²) in [7, 11) is -8.85. The van der Waals surface area contributed by atoms with Crippen LogP contribution in [0.25, 0.3) is 0 Å². The largest absolute Gasteiger partial charge is 2.00 e. The van der Waals surface area contributed by atoms with E-state index in [0.29, 0.717) is 0 Å². The van der Waals surface area contributed by atoms with Gasteiger partial charge in [-0.3, -0.25) is 8.37 Å². The molecule has 0 rings (SSSR count). The molecular formula is C4H18CuO12S2. The summed E-state index contributed by atoms with van der Waals surface area (Å²) in [6.07, 6.45) is 0. The van der Waals surface area contributed by atoms with Gasteiger partial charge in [0.25, 0.3) is 0 Å². The summed E-state index contributed by atoms with van der Waals surface area (Å²) in [5.41, 5.74) is 0. The molecule has 0 atom stereocenters. The van der Waals surface area contributed by atoms with E-state index in [0.717, 1.165) is 0 Å². The normalized spacial score (nSPS) is 8.63. The molecule has 0 saturated carbocycles. The molecule has 12 nitrogen and oxygen atoms in total. The van der Waals surface area contributed by atoms with Crippen molar-refractivity contribution in [2.45, 2.75) is 13.8 Å². The van der Waals surface area contributed by atoms with Crippen LogP contribution in [-0.4, -0.2) is 61.1 Å². The van der Waals surface area contributed by atoms with Crippen LogP contribution in [0.3, 0.4) is 0 Å². The van der Waals surface area contributed by atoms with Gasteiger partial charge in [0, 0.05) is 0 Å². The van der Waals surface area contributed by atoms with Crippen molar-refractivity contribution in [3.8, 4) is 0 Å². The van der Waals surface area contributed by atoms with E-state index in [9.17, 15) is 25.9 Å². The molecule has 0 aromatic heterocycles. The summed E-state index contributed by atoms with van der Waals surface area (Å²) in [6, 6.07) is 0. The molecule has 8 N–H and O–H groups in total. The maximum Gasteiger partial charge on any atom is 2.00 e. The minimum atomic E-state index is -4.42. The molecule has 0 heterocycles.